The number of aliphatic imine (C=N–C) groups is 2. The Kier molecular flexibility index (Phi) is 4.81. The lowest BCUT2D eigenvalue weighted by atomic mass is 10.2. The van der Waals surface area contributed by atoms with E-state index in [4.69, 9.17) is 0 Å². The van der Waals surface area contributed by atoms with Crippen molar-refractivity contribution < 1.29 is 0 Å². The van der Waals surface area contributed by atoms with Gasteiger partial charge in [-0.1, -0.05) is 30.3 Å². The first-order chi connectivity index (χ1) is 8.95. The summed E-state index contributed by atoms with van der Waals surface area (Å²) >= 11 is 0. The molecule has 0 spiro atoms. The average molecular weight is 237 g/mol. The first-order valence-corrected chi connectivity index (χ1v) is 5.90. The number of pyridine rings is 1. The predicted molar refractivity (Wildman–Crippen MR) is 75.6 cm³/mol. The van der Waals surface area contributed by atoms with Crippen LogP contribution in [0, 0.1) is 0 Å². The Hall–Kier alpha value is -2.29. The lowest BCUT2D eigenvalue weighted by molar-refractivity contribution is 0.985. The van der Waals surface area contributed by atoms with Crippen LogP contribution in [0.4, 0.5) is 0 Å². The molecule has 18 heavy (non-hydrogen) atoms. The van der Waals surface area contributed by atoms with Crippen molar-refractivity contribution in [2.24, 2.45) is 9.98 Å². The molecule has 0 radical (unpaired) electrons. The lowest BCUT2D eigenvalue weighted by Gasteiger charge is -1.92. The van der Waals surface area contributed by atoms with Crippen molar-refractivity contribution in [3.05, 3.63) is 66.0 Å². The molecule has 3 heteroatoms. The Morgan fingerprint density at radius 3 is 1.94 bits per heavy atom. The minimum atomic E-state index is 0.700. The third kappa shape index (κ3) is 4.29. The Labute approximate surface area is 107 Å². The van der Waals surface area contributed by atoms with Gasteiger partial charge in [-0.05, 0) is 23.3 Å². The highest BCUT2D eigenvalue weighted by atomic mass is 14.8. The maximum atomic E-state index is 4.32. The molecule has 0 N–H and O–H groups in total. The van der Waals surface area contributed by atoms with E-state index in [-0.39, 0.29) is 0 Å². The molecule has 1 heterocycles. The van der Waals surface area contributed by atoms with Gasteiger partial charge in [0.05, 0.1) is 13.1 Å². The Morgan fingerprint density at radius 1 is 0.778 bits per heavy atom. The van der Waals surface area contributed by atoms with Gasteiger partial charge in [-0.15, -0.1) is 0 Å². The van der Waals surface area contributed by atoms with Gasteiger partial charge >= 0.3 is 0 Å². The maximum absolute atomic E-state index is 4.32. The molecule has 0 atom stereocenters. The zero-order chi connectivity index (χ0) is 12.5. The van der Waals surface area contributed by atoms with Crippen molar-refractivity contribution >= 4 is 12.4 Å². The maximum Gasteiger partial charge on any atom is 0.0585 e. The predicted octanol–water partition coefficient (Wildman–Crippen LogP) is 2.62. The summed E-state index contributed by atoms with van der Waals surface area (Å²) in [6, 6.07) is 13.9. The fourth-order valence-electron chi connectivity index (χ4n) is 1.44. The van der Waals surface area contributed by atoms with E-state index in [9.17, 15) is 0 Å². The monoisotopic (exact) mass is 237 g/mol. The zero-order valence-corrected chi connectivity index (χ0v) is 10.1. The SMILES string of the molecule is C(=N\CC/N=C/c1ccncc1)/c1ccccc1. The van der Waals surface area contributed by atoms with Crippen LogP contribution in [0.15, 0.2) is 64.8 Å². The summed E-state index contributed by atoms with van der Waals surface area (Å²) in [5.74, 6) is 0. The third-order valence-corrected chi connectivity index (χ3v) is 2.34. The summed E-state index contributed by atoms with van der Waals surface area (Å²) in [6.07, 6.45) is 7.24. The first-order valence-electron chi connectivity index (χ1n) is 5.90. The van der Waals surface area contributed by atoms with E-state index in [0.29, 0.717) is 13.1 Å². The molecule has 2 rings (SSSR count). The van der Waals surface area contributed by atoms with Gasteiger partial charge in [0.25, 0.3) is 0 Å². The summed E-state index contributed by atoms with van der Waals surface area (Å²) in [7, 11) is 0. The third-order valence-electron chi connectivity index (χ3n) is 2.34. The summed E-state index contributed by atoms with van der Waals surface area (Å²) < 4.78 is 0. The van der Waals surface area contributed by atoms with Crippen LogP contribution in [0.2, 0.25) is 0 Å². The molecule has 0 unspecified atom stereocenters. The van der Waals surface area contributed by atoms with E-state index in [1.165, 1.54) is 0 Å². The molecule has 2 aromatic rings. The molecule has 0 bridgehead atoms. The minimum Gasteiger partial charge on any atom is -0.291 e. The average Bonchev–Trinajstić information content (AvgIpc) is 2.45. The van der Waals surface area contributed by atoms with Crippen molar-refractivity contribution in [1.29, 1.82) is 0 Å². The smallest absolute Gasteiger partial charge is 0.0585 e. The Balaban J connectivity index is 1.73. The van der Waals surface area contributed by atoms with Gasteiger partial charge < -0.3 is 0 Å². The molecular weight excluding hydrogens is 222 g/mol. The molecule has 0 fully saturated rings. The van der Waals surface area contributed by atoms with Crippen molar-refractivity contribution in [3.8, 4) is 0 Å². The number of benzene rings is 1. The Bertz CT molecular complexity index is 454. The minimum absolute atomic E-state index is 0.700. The normalized spacial score (nSPS) is 11.3. The molecule has 0 amide bonds. The van der Waals surface area contributed by atoms with Crippen LogP contribution in [0.25, 0.3) is 0 Å². The number of aromatic nitrogens is 1. The highest BCUT2D eigenvalue weighted by Crippen LogP contribution is 1.94. The van der Waals surface area contributed by atoms with Crippen molar-refractivity contribution in [2.45, 2.75) is 0 Å². The van der Waals surface area contributed by atoms with E-state index < -0.39 is 0 Å². The standard InChI is InChI=1S/C15H15N3/c1-2-4-14(5-3-1)12-17-10-11-18-13-15-6-8-16-9-7-15/h1-9,12-13H,10-11H2/b17-12+,18-13+. The van der Waals surface area contributed by atoms with Crippen LogP contribution in [-0.2, 0) is 0 Å². The van der Waals surface area contributed by atoms with Gasteiger partial charge in [0, 0.05) is 24.8 Å². The second-order valence-corrected chi connectivity index (χ2v) is 3.76. The van der Waals surface area contributed by atoms with E-state index in [1.54, 1.807) is 12.4 Å². The fraction of sp³-hybridized carbons (Fsp3) is 0.133. The molecule has 1 aromatic heterocycles. The topological polar surface area (TPSA) is 37.6 Å². The number of rotatable bonds is 5. The van der Waals surface area contributed by atoms with Crippen LogP contribution < -0.4 is 0 Å². The molecular formula is C15H15N3. The second kappa shape index (κ2) is 7.12. The molecule has 0 saturated carbocycles. The summed E-state index contributed by atoms with van der Waals surface area (Å²) in [5, 5.41) is 0. The highest BCUT2D eigenvalue weighted by molar-refractivity contribution is 5.80. The molecule has 0 aliphatic rings. The van der Waals surface area contributed by atoms with Gasteiger partial charge in [-0.3, -0.25) is 15.0 Å². The van der Waals surface area contributed by atoms with Crippen LogP contribution in [0.1, 0.15) is 11.1 Å². The number of nitrogens with zero attached hydrogens (tertiary/aromatic N) is 3. The number of hydrogen-bond acceptors (Lipinski definition) is 3. The van der Waals surface area contributed by atoms with Gasteiger partial charge in [-0.2, -0.15) is 0 Å². The van der Waals surface area contributed by atoms with Crippen LogP contribution >= 0.6 is 0 Å². The summed E-state index contributed by atoms with van der Waals surface area (Å²) in [4.78, 5) is 12.6. The lowest BCUT2D eigenvalue weighted by Crippen LogP contribution is -1.90. The summed E-state index contributed by atoms with van der Waals surface area (Å²) in [5.41, 5.74) is 2.19. The van der Waals surface area contributed by atoms with E-state index >= 15 is 0 Å². The van der Waals surface area contributed by atoms with Crippen LogP contribution in [-0.4, -0.2) is 30.5 Å². The van der Waals surface area contributed by atoms with Gasteiger partial charge in [0.15, 0.2) is 0 Å². The van der Waals surface area contributed by atoms with Crippen molar-refractivity contribution in [1.82, 2.24) is 4.98 Å². The van der Waals surface area contributed by atoms with Crippen molar-refractivity contribution in [3.63, 3.8) is 0 Å². The molecule has 90 valence electrons. The second-order valence-electron chi connectivity index (χ2n) is 3.76. The molecule has 0 aliphatic carbocycles. The molecule has 0 aliphatic heterocycles. The Morgan fingerprint density at radius 2 is 1.33 bits per heavy atom. The van der Waals surface area contributed by atoms with E-state index in [0.717, 1.165) is 11.1 Å². The largest absolute Gasteiger partial charge is 0.291 e. The molecule has 3 nitrogen and oxygen atoms in total. The van der Waals surface area contributed by atoms with Gasteiger partial charge in [0.2, 0.25) is 0 Å². The van der Waals surface area contributed by atoms with E-state index in [1.807, 2.05) is 54.9 Å². The number of hydrogen-bond donors (Lipinski definition) is 0. The van der Waals surface area contributed by atoms with Gasteiger partial charge in [-0.25, -0.2) is 0 Å². The van der Waals surface area contributed by atoms with Crippen molar-refractivity contribution in [2.75, 3.05) is 13.1 Å². The fourth-order valence-corrected chi connectivity index (χ4v) is 1.44. The van der Waals surface area contributed by atoms with E-state index in [2.05, 4.69) is 15.0 Å². The van der Waals surface area contributed by atoms with Crippen LogP contribution in [0.5, 0.6) is 0 Å². The molecule has 0 saturated heterocycles. The van der Waals surface area contributed by atoms with Gasteiger partial charge in [0.1, 0.15) is 0 Å². The first kappa shape index (κ1) is 12.2. The van der Waals surface area contributed by atoms with Crippen LogP contribution in [0.3, 0.4) is 0 Å². The highest BCUT2D eigenvalue weighted by Gasteiger charge is 1.85. The quantitative estimate of drug-likeness (QED) is 0.582. The summed E-state index contributed by atoms with van der Waals surface area (Å²) in [6.45, 7) is 1.40. The molecule has 1 aromatic carbocycles. The zero-order valence-electron chi connectivity index (χ0n) is 10.1.